The van der Waals surface area contributed by atoms with Crippen LogP contribution < -0.4 is 5.32 Å². The molecule has 1 aliphatic rings. The first kappa shape index (κ1) is 19.1. The highest BCUT2D eigenvalue weighted by Crippen LogP contribution is 2.43. The molecule has 0 aromatic heterocycles. The number of hydrogen-bond donors (Lipinski definition) is 1. The number of benzene rings is 2. The fourth-order valence-corrected chi connectivity index (χ4v) is 4.26. The van der Waals surface area contributed by atoms with Crippen molar-refractivity contribution in [2.75, 3.05) is 13.2 Å². The van der Waals surface area contributed by atoms with E-state index in [4.69, 9.17) is 4.74 Å². The summed E-state index contributed by atoms with van der Waals surface area (Å²) in [5, 5.41) is 3.54. The van der Waals surface area contributed by atoms with Crippen LogP contribution in [0.1, 0.15) is 44.2 Å². The third-order valence-corrected chi connectivity index (χ3v) is 5.42. The Hall–Kier alpha value is -1.71. The summed E-state index contributed by atoms with van der Waals surface area (Å²) in [6, 6.07) is 17.5. The molecule has 0 radical (unpaired) electrons. The molecule has 0 spiro atoms. The van der Waals surface area contributed by atoms with Gasteiger partial charge in [0.15, 0.2) is 0 Å². The highest BCUT2D eigenvalue weighted by molar-refractivity contribution is 5.18. The van der Waals surface area contributed by atoms with E-state index in [1.165, 1.54) is 17.7 Å². The van der Waals surface area contributed by atoms with Gasteiger partial charge in [0.25, 0.3) is 0 Å². The quantitative estimate of drug-likeness (QED) is 0.696. The summed E-state index contributed by atoms with van der Waals surface area (Å²) in [5.74, 6) is -0.181. The Bertz CT molecular complexity index is 683. The van der Waals surface area contributed by atoms with Gasteiger partial charge in [-0.05, 0) is 74.8 Å². The second-order valence-corrected chi connectivity index (χ2v) is 8.25. The summed E-state index contributed by atoms with van der Waals surface area (Å²) in [6.07, 6.45) is 4.39. The SMILES string of the molecule is CC1(C)C[C@@](CCNCc2ccc(F)cc2)(Cc2ccccc2)CCO1. The minimum absolute atomic E-state index is 0.0655. The van der Waals surface area contributed by atoms with Crippen LogP contribution in [0.4, 0.5) is 4.39 Å². The third kappa shape index (κ3) is 5.39. The van der Waals surface area contributed by atoms with Crippen LogP contribution in [0.25, 0.3) is 0 Å². The van der Waals surface area contributed by atoms with Crippen molar-refractivity contribution in [3.05, 3.63) is 71.5 Å². The van der Waals surface area contributed by atoms with Crippen molar-refractivity contribution in [2.45, 2.75) is 51.7 Å². The van der Waals surface area contributed by atoms with Crippen LogP contribution in [0, 0.1) is 11.2 Å². The van der Waals surface area contributed by atoms with E-state index in [1.54, 1.807) is 0 Å². The number of hydrogen-bond acceptors (Lipinski definition) is 2. The summed E-state index contributed by atoms with van der Waals surface area (Å²) in [6.45, 7) is 6.98. The van der Waals surface area contributed by atoms with Crippen LogP contribution in [-0.4, -0.2) is 18.8 Å². The Morgan fingerprint density at radius 1 is 1.00 bits per heavy atom. The molecule has 2 aromatic carbocycles. The molecule has 1 N–H and O–H groups in total. The number of ether oxygens (including phenoxy) is 1. The van der Waals surface area contributed by atoms with Crippen molar-refractivity contribution >= 4 is 0 Å². The Labute approximate surface area is 156 Å². The van der Waals surface area contributed by atoms with Crippen LogP contribution in [0.15, 0.2) is 54.6 Å². The molecular weight excluding hydrogens is 325 g/mol. The second-order valence-electron chi connectivity index (χ2n) is 8.25. The van der Waals surface area contributed by atoms with Gasteiger partial charge in [-0.3, -0.25) is 0 Å². The molecule has 2 nitrogen and oxygen atoms in total. The lowest BCUT2D eigenvalue weighted by molar-refractivity contribution is -0.107. The largest absolute Gasteiger partial charge is 0.376 e. The minimum atomic E-state index is -0.181. The first-order valence-electron chi connectivity index (χ1n) is 9.60. The maximum atomic E-state index is 13.0. The average Bonchev–Trinajstić information content (AvgIpc) is 2.60. The molecule has 2 aromatic rings. The van der Waals surface area contributed by atoms with E-state index < -0.39 is 0 Å². The fraction of sp³-hybridized carbons (Fsp3) is 0.478. The Kier molecular flexibility index (Phi) is 6.10. The van der Waals surface area contributed by atoms with Crippen molar-refractivity contribution in [1.29, 1.82) is 0 Å². The first-order valence-corrected chi connectivity index (χ1v) is 9.60. The van der Waals surface area contributed by atoms with Crippen molar-refractivity contribution in [1.82, 2.24) is 5.32 Å². The maximum absolute atomic E-state index is 13.0. The topological polar surface area (TPSA) is 21.3 Å². The molecule has 1 aliphatic heterocycles. The molecule has 26 heavy (non-hydrogen) atoms. The molecule has 0 aliphatic carbocycles. The Balaban J connectivity index is 1.61. The molecule has 3 heteroatoms. The molecule has 1 heterocycles. The van der Waals surface area contributed by atoms with E-state index in [1.807, 2.05) is 12.1 Å². The maximum Gasteiger partial charge on any atom is 0.123 e. The highest BCUT2D eigenvalue weighted by Gasteiger charge is 2.40. The van der Waals surface area contributed by atoms with Gasteiger partial charge in [0.05, 0.1) is 5.60 Å². The molecule has 1 saturated heterocycles. The number of nitrogens with one attached hydrogen (secondary N) is 1. The molecule has 0 amide bonds. The van der Waals surface area contributed by atoms with Crippen LogP contribution in [0.2, 0.25) is 0 Å². The average molecular weight is 355 g/mol. The predicted molar refractivity (Wildman–Crippen MR) is 105 cm³/mol. The second kappa shape index (κ2) is 8.32. The number of rotatable bonds is 7. The minimum Gasteiger partial charge on any atom is -0.376 e. The van der Waals surface area contributed by atoms with Crippen molar-refractivity contribution in [2.24, 2.45) is 5.41 Å². The normalized spacial score (nSPS) is 22.3. The number of halogens is 1. The fourth-order valence-electron chi connectivity index (χ4n) is 4.26. The molecule has 3 rings (SSSR count). The first-order chi connectivity index (χ1) is 12.5. The molecule has 1 atom stereocenters. The van der Waals surface area contributed by atoms with Crippen molar-refractivity contribution < 1.29 is 9.13 Å². The van der Waals surface area contributed by atoms with Gasteiger partial charge >= 0.3 is 0 Å². The van der Waals surface area contributed by atoms with Gasteiger partial charge in [-0.2, -0.15) is 0 Å². The van der Waals surface area contributed by atoms with Crippen molar-refractivity contribution in [3.8, 4) is 0 Å². The van der Waals surface area contributed by atoms with E-state index in [2.05, 4.69) is 49.5 Å². The van der Waals surface area contributed by atoms with Gasteiger partial charge in [-0.1, -0.05) is 42.5 Å². The highest BCUT2D eigenvalue weighted by atomic mass is 19.1. The zero-order chi connectivity index (χ0) is 18.5. The van der Waals surface area contributed by atoms with Gasteiger partial charge in [-0.25, -0.2) is 4.39 Å². The molecule has 0 unspecified atom stereocenters. The van der Waals surface area contributed by atoms with Crippen LogP contribution in [0.3, 0.4) is 0 Å². The molecule has 140 valence electrons. The molecule has 1 fully saturated rings. The Morgan fingerprint density at radius 3 is 2.42 bits per heavy atom. The van der Waals surface area contributed by atoms with Crippen LogP contribution in [-0.2, 0) is 17.7 Å². The summed E-state index contributed by atoms with van der Waals surface area (Å²) in [7, 11) is 0. The molecular formula is C23H30FNO. The smallest absolute Gasteiger partial charge is 0.123 e. The van der Waals surface area contributed by atoms with E-state index in [-0.39, 0.29) is 16.8 Å². The van der Waals surface area contributed by atoms with Gasteiger partial charge in [0.1, 0.15) is 5.82 Å². The van der Waals surface area contributed by atoms with Gasteiger partial charge in [0, 0.05) is 13.2 Å². The van der Waals surface area contributed by atoms with E-state index >= 15 is 0 Å². The van der Waals surface area contributed by atoms with Gasteiger partial charge in [0.2, 0.25) is 0 Å². The van der Waals surface area contributed by atoms with E-state index in [0.717, 1.165) is 50.9 Å². The lowest BCUT2D eigenvalue weighted by Gasteiger charge is -2.45. The van der Waals surface area contributed by atoms with Crippen LogP contribution in [0.5, 0.6) is 0 Å². The summed E-state index contributed by atoms with van der Waals surface area (Å²) in [4.78, 5) is 0. The lowest BCUT2D eigenvalue weighted by atomic mass is 9.68. The monoisotopic (exact) mass is 355 g/mol. The summed E-state index contributed by atoms with van der Waals surface area (Å²) < 4.78 is 19.0. The van der Waals surface area contributed by atoms with E-state index in [0.29, 0.717) is 0 Å². The van der Waals surface area contributed by atoms with Crippen molar-refractivity contribution in [3.63, 3.8) is 0 Å². The van der Waals surface area contributed by atoms with Crippen LogP contribution >= 0.6 is 0 Å². The zero-order valence-corrected chi connectivity index (χ0v) is 15.9. The lowest BCUT2D eigenvalue weighted by Crippen LogP contribution is -2.43. The third-order valence-electron chi connectivity index (χ3n) is 5.42. The molecule has 0 bridgehead atoms. The zero-order valence-electron chi connectivity index (χ0n) is 15.9. The molecule has 0 saturated carbocycles. The van der Waals surface area contributed by atoms with Gasteiger partial charge < -0.3 is 10.1 Å². The standard InChI is InChI=1S/C23H30FNO/c1-22(2)18-23(13-15-26-22,16-19-6-4-3-5-7-19)12-14-25-17-20-8-10-21(24)11-9-20/h3-11,25H,12-18H2,1-2H3/t23-/m1/s1. The van der Waals surface area contributed by atoms with E-state index in [9.17, 15) is 4.39 Å². The Morgan fingerprint density at radius 2 is 1.73 bits per heavy atom. The van der Waals surface area contributed by atoms with Gasteiger partial charge in [-0.15, -0.1) is 0 Å². The summed E-state index contributed by atoms with van der Waals surface area (Å²) in [5.41, 5.74) is 2.72. The summed E-state index contributed by atoms with van der Waals surface area (Å²) >= 11 is 0. The predicted octanol–water partition coefficient (Wildman–Crippen LogP) is 5.12.